The van der Waals surface area contributed by atoms with Gasteiger partial charge in [0.2, 0.25) is 5.91 Å². The van der Waals surface area contributed by atoms with Crippen LogP contribution in [0.2, 0.25) is 5.02 Å². The third-order valence-electron chi connectivity index (χ3n) is 5.44. The fourth-order valence-corrected chi connectivity index (χ4v) is 3.84. The summed E-state index contributed by atoms with van der Waals surface area (Å²) in [5.41, 5.74) is 5.05. The van der Waals surface area contributed by atoms with Gasteiger partial charge in [0, 0.05) is 29.1 Å². The van der Waals surface area contributed by atoms with Gasteiger partial charge in [-0.3, -0.25) is 9.36 Å². The van der Waals surface area contributed by atoms with Gasteiger partial charge in [0.1, 0.15) is 12.3 Å². The summed E-state index contributed by atoms with van der Waals surface area (Å²) in [6.45, 7) is -1.39. The van der Waals surface area contributed by atoms with Gasteiger partial charge >= 0.3 is 18.0 Å². The van der Waals surface area contributed by atoms with Crippen molar-refractivity contribution in [3.63, 3.8) is 0 Å². The zero-order valence-electron chi connectivity index (χ0n) is 20.2. The number of carbonyl (C=O) groups excluding carboxylic acids is 2. The van der Waals surface area contributed by atoms with Crippen molar-refractivity contribution in [1.82, 2.24) is 19.7 Å². The van der Waals surface area contributed by atoms with Gasteiger partial charge in [-0.05, 0) is 30.3 Å². The molecule has 14 heteroatoms. The number of para-hydroxylation sites is 1. The monoisotopic (exact) mass is 555 g/mol. The van der Waals surface area contributed by atoms with Gasteiger partial charge in [-0.15, -0.1) is 5.10 Å². The van der Waals surface area contributed by atoms with E-state index in [1.807, 2.05) is 0 Å². The highest BCUT2D eigenvalue weighted by Crippen LogP contribution is 2.27. The Morgan fingerprint density at radius 2 is 1.84 bits per heavy atom. The Morgan fingerprint density at radius 1 is 1.16 bits per heavy atom. The van der Waals surface area contributed by atoms with Crippen LogP contribution in [-0.4, -0.2) is 46.2 Å². The third-order valence-corrected chi connectivity index (χ3v) is 5.69. The maximum atomic E-state index is 13.0. The number of primary amides is 1. The molecule has 2 aromatic carbocycles. The molecule has 0 aliphatic rings. The zero-order valence-corrected chi connectivity index (χ0v) is 21.0. The molecule has 0 radical (unpaired) electrons. The first-order chi connectivity index (χ1) is 18.0. The van der Waals surface area contributed by atoms with Crippen LogP contribution in [0.25, 0.3) is 11.4 Å². The largest absolute Gasteiger partial charge is 0.496 e. The lowest BCUT2D eigenvalue weighted by Crippen LogP contribution is -2.36. The van der Waals surface area contributed by atoms with Crippen LogP contribution in [0.3, 0.4) is 0 Å². The minimum atomic E-state index is -4.51. The number of alkyl halides is 3. The Morgan fingerprint density at radius 3 is 2.47 bits per heavy atom. The van der Waals surface area contributed by atoms with E-state index in [9.17, 15) is 27.6 Å². The van der Waals surface area contributed by atoms with Crippen molar-refractivity contribution in [3.8, 4) is 17.1 Å². The lowest BCUT2D eigenvalue weighted by molar-refractivity contribution is -0.136. The van der Waals surface area contributed by atoms with Gasteiger partial charge in [0.05, 0.1) is 26.2 Å². The average Bonchev–Trinajstić information content (AvgIpc) is 3.16. The summed E-state index contributed by atoms with van der Waals surface area (Å²) in [6.07, 6.45) is -6.63. The van der Waals surface area contributed by atoms with E-state index in [0.29, 0.717) is 21.9 Å². The Hall–Kier alpha value is -4.00. The Kier molecular flexibility index (Phi) is 9.40. The number of halogens is 4. The van der Waals surface area contributed by atoms with Crippen LogP contribution in [0.1, 0.15) is 24.4 Å². The van der Waals surface area contributed by atoms with Gasteiger partial charge in [-0.1, -0.05) is 29.8 Å². The number of hydrogen-bond donors (Lipinski definition) is 2. The van der Waals surface area contributed by atoms with Crippen LogP contribution in [0, 0.1) is 0 Å². The highest BCUT2D eigenvalue weighted by atomic mass is 35.5. The maximum Gasteiger partial charge on any atom is 0.404 e. The van der Waals surface area contributed by atoms with Crippen molar-refractivity contribution in [3.05, 3.63) is 69.6 Å². The molecule has 1 unspecified atom stereocenters. The number of carbonyl (C=O) groups is 2. The number of methoxy groups -OCH3 is 1. The predicted octanol–water partition coefficient (Wildman–Crippen LogP) is 3.67. The van der Waals surface area contributed by atoms with Gasteiger partial charge in [0.25, 0.3) is 0 Å². The topological polar surface area (TPSA) is 130 Å². The second-order valence-electron chi connectivity index (χ2n) is 8.11. The summed E-state index contributed by atoms with van der Waals surface area (Å²) < 4.78 is 50.6. The Bertz CT molecular complexity index is 1320. The number of ether oxygens (including phenoxy) is 2. The number of nitrogens with one attached hydrogen (secondary N) is 1. The van der Waals surface area contributed by atoms with Crippen molar-refractivity contribution in [2.45, 2.75) is 38.1 Å². The fraction of sp³-hybridized carbons (Fsp3) is 0.333. The van der Waals surface area contributed by atoms with Gasteiger partial charge in [0.15, 0.2) is 5.82 Å². The number of aromatic nitrogens is 3. The van der Waals surface area contributed by atoms with Crippen LogP contribution in [0.5, 0.6) is 5.75 Å². The van der Waals surface area contributed by atoms with E-state index >= 15 is 0 Å². The summed E-state index contributed by atoms with van der Waals surface area (Å²) >= 11 is 5.90. The summed E-state index contributed by atoms with van der Waals surface area (Å²) in [4.78, 5) is 36.9. The first kappa shape index (κ1) is 28.6. The van der Waals surface area contributed by atoms with E-state index in [-0.39, 0.29) is 18.9 Å². The molecule has 2 amide bonds. The molecular weight excluding hydrogens is 531 g/mol. The molecule has 0 bridgehead atoms. The van der Waals surface area contributed by atoms with Gasteiger partial charge < -0.3 is 20.5 Å². The molecule has 1 atom stereocenters. The molecule has 0 spiro atoms. The van der Waals surface area contributed by atoms with Crippen molar-refractivity contribution < 1.29 is 32.2 Å². The van der Waals surface area contributed by atoms with Crippen molar-refractivity contribution >= 4 is 23.6 Å². The smallest absolute Gasteiger partial charge is 0.404 e. The van der Waals surface area contributed by atoms with Crippen LogP contribution in [-0.2, 0) is 22.6 Å². The molecule has 3 N–H and O–H groups in total. The average molecular weight is 556 g/mol. The second kappa shape index (κ2) is 12.5. The molecule has 3 aromatic rings. The molecular formula is C24H25ClF3N5O5. The normalized spacial score (nSPS) is 12.1. The molecule has 204 valence electrons. The second-order valence-corrected chi connectivity index (χ2v) is 8.54. The SMILES string of the molecule is COc1ccccc1C(CCOC(N)=O)NC(=O)Cn1nc(-c2ccc(Cl)cc2)n(CCC(F)(F)F)c1=O. The molecule has 0 saturated heterocycles. The van der Waals surface area contributed by atoms with Crippen LogP contribution in [0.4, 0.5) is 18.0 Å². The Labute approximate surface area is 220 Å². The standard InChI is InChI=1S/C24H25ClF3N5O5/c1-37-19-5-3-2-4-17(19)18(10-13-38-22(29)35)30-20(34)14-33-23(36)32(12-11-24(26,27)28)21(31-33)15-6-8-16(25)9-7-15/h2-9,18H,10-14H2,1H3,(H2,29,35)(H,30,34). The number of hydrogen-bond acceptors (Lipinski definition) is 6. The highest BCUT2D eigenvalue weighted by Gasteiger charge is 2.29. The first-order valence-corrected chi connectivity index (χ1v) is 11.7. The predicted molar refractivity (Wildman–Crippen MR) is 132 cm³/mol. The number of benzene rings is 2. The number of rotatable bonds is 11. The summed E-state index contributed by atoms with van der Waals surface area (Å²) in [7, 11) is 1.45. The summed E-state index contributed by atoms with van der Waals surface area (Å²) in [5.74, 6) is -0.249. The van der Waals surface area contributed by atoms with Crippen molar-refractivity contribution in [1.29, 1.82) is 0 Å². The fourth-order valence-electron chi connectivity index (χ4n) is 3.71. The Balaban J connectivity index is 1.88. The number of amides is 2. The third kappa shape index (κ3) is 7.75. The molecule has 38 heavy (non-hydrogen) atoms. The van der Waals surface area contributed by atoms with E-state index in [1.54, 1.807) is 24.3 Å². The minimum Gasteiger partial charge on any atom is -0.496 e. The summed E-state index contributed by atoms with van der Waals surface area (Å²) in [6, 6.07) is 12.1. The van der Waals surface area contributed by atoms with E-state index in [0.717, 1.165) is 9.25 Å². The summed E-state index contributed by atoms with van der Waals surface area (Å²) in [5, 5.41) is 7.26. The molecule has 1 aromatic heterocycles. The van der Waals surface area contributed by atoms with E-state index in [2.05, 4.69) is 10.4 Å². The van der Waals surface area contributed by atoms with E-state index in [4.69, 9.17) is 26.8 Å². The first-order valence-electron chi connectivity index (χ1n) is 11.3. The number of nitrogens with zero attached hydrogens (tertiary/aromatic N) is 3. The van der Waals surface area contributed by atoms with Crippen molar-refractivity contribution in [2.24, 2.45) is 5.73 Å². The highest BCUT2D eigenvalue weighted by molar-refractivity contribution is 6.30. The van der Waals surface area contributed by atoms with Crippen LogP contribution >= 0.6 is 11.6 Å². The zero-order chi connectivity index (χ0) is 27.9. The van der Waals surface area contributed by atoms with Crippen LogP contribution in [0.15, 0.2) is 53.3 Å². The van der Waals surface area contributed by atoms with Gasteiger partial charge in [-0.2, -0.15) is 13.2 Å². The van der Waals surface area contributed by atoms with Gasteiger partial charge in [-0.25, -0.2) is 14.3 Å². The lowest BCUT2D eigenvalue weighted by Gasteiger charge is -2.21. The molecule has 0 aliphatic heterocycles. The van der Waals surface area contributed by atoms with E-state index < -0.39 is 49.4 Å². The number of nitrogens with two attached hydrogens (primary N) is 1. The maximum absolute atomic E-state index is 13.0. The molecule has 10 nitrogen and oxygen atoms in total. The minimum absolute atomic E-state index is 0.0418. The van der Waals surface area contributed by atoms with Crippen molar-refractivity contribution in [2.75, 3.05) is 13.7 Å². The molecule has 0 aliphatic carbocycles. The molecule has 0 fully saturated rings. The molecule has 3 rings (SSSR count). The lowest BCUT2D eigenvalue weighted by atomic mass is 10.0. The molecule has 1 heterocycles. The van der Waals surface area contributed by atoms with Crippen LogP contribution < -0.4 is 21.5 Å². The molecule has 0 saturated carbocycles. The van der Waals surface area contributed by atoms with E-state index in [1.165, 1.54) is 31.4 Å². The quantitative estimate of drug-likeness (QED) is 0.371.